The van der Waals surface area contributed by atoms with E-state index in [1.807, 2.05) is 13.1 Å². The second-order valence-corrected chi connectivity index (χ2v) is 3.81. The van der Waals surface area contributed by atoms with Crippen LogP contribution in [0.25, 0.3) is 0 Å². The third-order valence-electron chi connectivity index (χ3n) is 2.71. The smallest absolute Gasteiger partial charge is 0.322 e. The topological polar surface area (TPSA) is 56.2 Å². The monoisotopic (exact) mass is 239 g/mol. The number of nitrogens with one attached hydrogen (secondary N) is 1. The molecule has 1 unspecified atom stereocenters. The van der Waals surface area contributed by atoms with Crippen LogP contribution >= 0.6 is 0 Å². The zero-order chi connectivity index (χ0) is 12.7. The molecule has 1 rings (SSSR count). The number of aromatic nitrogens is 2. The van der Waals surface area contributed by atoms with Crippen molar-refractivity contribution in [2.75, 3.05) is 13.7 Å². The lowest BCUT2D eigenvalue weighted by Gasteiger charge is -2.16. The van der Waals surface area contributed by atoms with Gasteiger partial charge in [-0.2, -0.15) is 0 Å². The van der Waals surface area contributed by atoms with E-state index in [9.17, 15) is 4.79 Å². The van der Waals surface area contributed by atoms with Crippen molar-refractivity contribution in [2.45, 2.75) is 39.3 Å². The quantitative estimate of drug-likeness (QED) is 0.721. The van der Waals surface area contributed by atoms with Gasteiger partial charge in [-0.05, 0) is 13.0 Å². The minimum Gasteiger partial charge on any atom is -0.468 e. The molecule has 1 N–H and O–H groups in total. The zero-order valence-corrected chi connectivity index (χ0v) is 10.8. The molecule has 0 aliphatic rings. The van der Waals surface area contributed by atoms with Crippen molar-refractivity contribution < 1.29 is 9.53 Å². The molecule has 0 fully saturated rings. The lowest BCUT2D eigenvalue weighted by molar-refractivity contribution is -0.143. The van der Waals surface area contributed by atoms with E-state index in [0.29, 0.717) is 6.42 Å². The number of aryl methyl sites for hydroxylation is 2. The number of carbonyl (C=O) groups is 1. The number of likely N-dealkylation sites (N-methyl/N-ethyl adjacent to an activating group) is 1. The van der Waals surface area contributed by atoms with Crippen LogP contribution in [-0.2, 0) is 22.5 Å². The molecule has 0 bridgehead atoms. The van der Waals surface area contributed by atoms with Gasteiger partial charge in [-0.15, -0.1) is 0 Å². The number of imidazole rings is 1. The summed E-state index contributed by atoms with van der Waals surface area (Å²) in [4.78, 5) is 15.8. The maximum absolute atomic E-state index is 11.5. The van der Waals surface area contributed by atoms with E-state index in [-0.39, 0.29) is 12.0 Å². The minimum absolute atomic E-state index is 0.204. The average Bonchev–Trinajstić information content (AvgIpc) is 2.80. The molecule has 1 aromatic heterocycles. The number of rotatable bonds is 7. The van der Waals surface area contributed by atoms with Gasteiger partial charge in [0.1, 0.15) is 11.9 Å². The Hall–Kier alpha value is -1.36. The summed E-state index contributed by atoms with van der Waals surface area (Å²) in [5.41, 5.74) is 0. The van der Waals surface area contributed by atoms with E-state index < -0.39 is 0 Å². The van der Waals surface area contributed by atoms with E-state index in [2.05, 4.69) is 21.8 Å². The SMILES string of the molecule is CCNC(CCn1ccnc1CC)C(=O)OC. The lowest BCUT2D eigenvalue weighted by atomic mass is 10.2. The molecule has 17 heavy (non-hydrogen) atoms. The van der Waals surface area contributed by atoms with Crippen LogP contribution in [0.4, 0.5) is 0 Å². The number of hydrogen-bond acceptors (Lipinski definition) is 4. The van der Waals surface area contributed by atoms with Crippen LogP contribution in [0.1, 0.15) is 26.1 Å². The fourth-order valence-corrected chi connectivity index (χ4v) is 1.82. The Morgan fingerprint density at radius 3 is 2.94 bits per heavy atom. The van der Waals surface area contributed by atoms with E-state index >= 15 is 0 Å². The summed E-state index contributed by atoms with van der Waals surface area (Å²) in [6, 6.07) is -0.239. The predicted octanol–water partition coefficient (Wildman–Crippen LogP) is 0.987. The maximum atomic E-state index is 11.5. The summed E-state index contributed by atoms with van der Waals surface area (Å²) in [7, 11) is 1.42. The van der Waals surface area contributed by atoms with Crippen LogP contribution in [0.5, 0.6) is 0 Å². The van der Waals surface area contributed by atoms with Crippen LogP contribution in [0.15, 0.2) is 12.4 Å². The van der Waals surface area contributed by atoms with Gasteiger partial charge in [0.25, 0.3) is 0 Å². The van der Waals surface area contributed by atoms with Crippen LogP contribution in [0.2, 0.25) is 0 Å². The van der Waals surface area contributed by atoms with Gasteiger partial charge < -0.3 is 14.6 Å². The summed E-state index contributed by atoms with van der Waals surface area (Å²) < 4.78 is 6.84. The Morgan fingerprint density at radius 2 is 2.35 bits per heavy atom. The van der Waals surface area contributed by atoms with Crippen molar-refractivity contribution in [2.24, 2.45) is 0 Å². The molecule has 0 aliphatic carbocycles. The standard InChI is InChI=1S/C12H21N3O2/c1-4-11-14-7-9-15(11)8-6-10(13-5-2)12(16)17-3/h7,9-10,13H,4-6,8H2,1-3H3. The second kappa shape index (κ2) is 7.06. The van der Waals surface area contributed by atoms with Gasteiger partial charge in [-0.3, -0.25) is 4.79 Å². The maximum Gasteiger partial charge on any atom is 0.322 e. The number of ether oxygens (including phenoxy) is 1. The van der Waals surface area contributed by atoms with Crippen molar-refractivity contribution in [3.8, 4) is 0 Å². The minimum atomic E-state index is -0.239. The summed E-state index contributed by atoms with van der Waals surface area (Å²) >= 11 is 0. The number of carbonyl (C=O) groups excluding carboxylic acids is 1. The van der Waals surface area contributed by atoms with Crippen LogP contribution < -0.4 is 5.32 Å². The van der Waals surface area contributed by atoms with Crippen molar-refractivity contribution in [3.63, 3.8) is 0 Å². The summed E-state index contributed by atoms with van der Waals surface area (Å²) in [5, 5.41) is 3.12. The molecular formula is C12H21N3O2. The van der Waals surface area contributed by atoms with Crippen LogP contribution in [0, 0.1) is 0 Å². The van der Waals surface area contributed by atoms with Gasteiger partial charge in [0.05, 0.1) is 7.11 Å². The highest BCUT2D eigenvalue weighted by atomic mass is 16.5. The fourth-order valence-electron chi connectivity index (χ4n) is 1.82. The van der Waals surface area contributed by atoms with Crippen molar-refractivity contribution in [1.29, 1.82) is 0 Å². The van der Waals surface area contributed by atoms with E-state index in [1.165, 1.54) is 7.11 Å². The zero-order valence-electron chi connectivity index (χ0n) is 10.8. The van der Waals surface area contributed by atoms with Gasteiger partial charge in [0.15, 0.2) is 0 Å². The second-order valence-electron chi connectivity index (χ2n) is 3.81. The number of esters is 1. The third kappa shape index (κ3) is 3.85. The van der Waals surface area contributed by atoms with Crippen LogP contribution in [-0.4, -0.2) is 35.2 Å². The molecule has 0 saturated heterocycles. The molecule has 1 atom stereocenters. The molecule has 1 heterocycles. The number of hydrogen-bond donors (Lipinski definition) is 1. The molecule has 0 radical (unpaired) electrons. The molecular weight excluding hydrogens is 218 g/mol. The lowest BCUT2D eigenvalue weighted by Crippen LogP contribution is -2.38. The van der Waals surface area contributed by atoms with E-state index in [4.69, 9.17) is 4.74 Å². The Bertz CT molecular complexity index is 349. The van der Waals surface area contributed by atoms with Gasteiger partial charge in [-0.1, -0.05) is 13.8 Å². The average molecular weight is 239 g/mol. The molecule has 5 heteroatoms. The summed E-state index contributed by atoms with van der Waals surface area (Å²) in [6.45, 7) is 5.58. The molecule has 0 aliphatic heterocycles. The van der Waals surface area contributed by atoms with E-state index in [1.54, 1.807) is 6.20 Å². The molecule has 5 nitrogen and oxygen atoms in total. The highest BCUT2D eigenvalue weighted by Crippen LogP contribution is 2.03. The van der Waals surface area contributed by atoms with Crippen molar-refractivity contribution in [1.82, 2.24) is 14.9 Å². The first-order valence-electron chi connectivity index (χ1n) is 6.04. The highest BCUT2D eigenvalue weighted by Gasteiger charge is 2.17. The van der Waals surface area contributed by atoms with Gasteiger partial charge >= 0.3 is 5.97 Å². The first-order valence-corrected chi connectivity index (χ1v) is 6.04. The Morgan fingerprint density at radius 1 is 1.59 bits per heavy atom. The third-order valence-corrected chi connectivity index (χ3v) is 2.71. The fraction of sp³-hybridized carbons (Fsp3) is 0.667. The number of nitrogens with zero attached hydrogens (tertiary/aromatic N) is 2. The predicted molar refractivity (Wildman–Crippen MR) is 65.7 cm³/mol. The van der Waals surface area contributed by atoms with Gasteiger partial charge in [-0.25, -0.2) is 4.98 Å². The Labute approximate surface area is 102 Å². The molecule has 1 aromatic rings. The van der Waals surface area contributed by atoms with E-state index in [0.717, 1.165) is 25.3 Å². The Balaban J connectivity index is 2.54. The first kappa shape index (κ1) is 13.7. The molecule has 0 saturated carbocycles. The highest BCUT2D eigenvalue weighted by molar-refractivity contribution is 5.75. The van der Waals surface area contributed by atoms with Gasteiger partial charge in [0, 0.05) is 25.4 Å². The summed E-state index contributed by atoms with van der Waals surface area (Å²) in [5.74, 6) is 0.843. The summed E-state index contributed by atoms with van der Waals surface area (Å²) in [6.07, 6.45) is 5.35. The molecule has 0 amide bonds. The van der Waals surface area contributed by atoms with Crippen molar-refractivity contribution >= 4 is 5.97 Å². The largest absolute Gasteiger partial charge is 0.468 e. The first-order chi connectivity index (χ1) is 8.22. The normalized spacial score (nSPS) is 12.4. The number of methoxy groups -OCH3 is 1. The molecule has 96 valence electrons. The molecule has 0 spiro atoms. The van der Waals surface area contributed by atoms with Gasteiger partial charge in [0.2, 0.25) is 0 Å². The van der Waals surface area contributed by atoms with Crippen molar-refractivity contribution in [3.05, 3.63) is 18.2 Å². The molecule has 0 aromatic carbocycles. The van der Waals surface area contributed by atoms with Crippen LogP contribution in [0.3, 0.4) is 0 Å². The Kier molecular flexibility index (Phi) is 5.69.